The van der Waals surface area contributed by atoms with Gasteiger partial charge in [-0.2, -0.15) is 5.10 Å². The third-order valence-corrected chi connectivity index (χ3v) is 4.27. The number of nitrogens with zero attached hydrogens (tertiary/aromatic N) is 3. The third-order valence-electron chi connectivity index (χ3n) is 4.27. The van der Waals surface area contributed by atoms with Crippen LogP contribution in [0.2, 0.25) is 0 Å². The molecule has 2 heterocycles. The quantitative estimate of drug-likeness (QED) is 0.765. The summed E-state index contributed by atoms with van der Waals surface area (Å²) in [6, 6.07) is 8.10. The molecular weight excluding hydrogens is 309 g/mol. The molecule has 0 aliphatic carbocycles. The average molecular weight is 331 g/mol. The number of hydrogen-bond donors (Lipinski definition) is 0. The van der Waals surface area contributed by atoms with Crippen molar-refractivity contribution in [2.75, 3.05) is 19.7 Å². The van der Waals surface area contributed by atoms with Crippen LogP contribution < -0.4 is 4.74 Å². The molecule has 0 radical (unpaired) electrons. The van der Waals surface area contributed by atoms with Crippen LogP contribution in [-0.2, 0) is 4.79 Å². The van der Waals surface area contributed by atoms with Crippen molar-refractivity contribution in [3.05, 3.63) is 48.5 Å². The molecule has 0 saturated carbocycles. The summed E-state index contributed by atoms with van der Waals surface area (Å²) >= 11 is 0. The van der Waals surface area contributed by atoms with Crippen molar-refractivity contribution in [3.63, 3.8) is 0 Å². The van der Waals surface area contributed by atoms with Gasteiger partial charge in [-0.15, -0.1) is 0 Å². The van der Waals surface area contributed by atoms with E-state index in [1.807, 2.05) is 21.8 Å². The highest BCUT2D eigenvalue weighted by atomic mass is 19.1. The summed E-state index contributed by atoms with van der Waals surface area (Å²) in [5, 5.41) is 4.28. The van der Waals surface area contributed by atoms with Crippen molar-refractivity contribution < 1.29 is 13.9 Å². The molecule has 0 bridgehead atoms. The lowest BCUT2D eigenvalue weighted by Gasteiger charge is -2.33. The molecule has 2 aromatic rings. The number of aromatic nitrogens is 2. The molecule has 0 unspecified atom stereocenters. The number of likely N-dealkylation sites (tertiary alicyclic amines) is 1. The molecule has 24 heavy (non-hydrogen) atoms. The Hall–Kier alpha value is -2.37. The average Bonchev–Trinajstić information content (AvgIpc) is 3.15. The van der Waals surface area contributed by atoms with E-state index >= 15 is 0 Å². The highest BCUT2D eigenvalue weighted by molar-refractivity contribution is 5.76. The SMILES string of the molecule is O=C(CCCOc1ccc(F)cc1)N1CCC[C@@H](n2cccn2)C1. The number of hydrogen-bond acceptors (Lipinski definition) is 3. The Bertz CT molecular complexity index is 643. The predicted molar refractivity (Wildman–Crippen MR) is 88.2 cm³/mol. The van der Waals surface area contributed by atoms with Crippen molar-refractivity contribution in [3.8, 4) is 5.75 Å². The zero-order valence-electron chi connectivity index (χ0n) is 13.6. The van der Waals surface area contributed by atoms with Gasteiger partial charge in [0, 0.05) is 31.9 Å². The van der Waals surface area contributed by atoms with Crippen LogP contribution in [0.1, 0.15) is 31.7 Å². The molecular formula is C18H22FN3O2. The summed E-state index contributed by atoms with van der Waals surface area (Å²) < 4.78 is 20.3. The maximum atomic E-state index is 12.8. The van der Waals surface area contributed by atoms with E-state index in [0.717, 1.165) is 25.9 Å². The minimum absolute atomic E-state index is 0.162. The molecule has 1 aliphatic rings. The second kappa shape index (κ2) is 7.95. The second-order valence-electron chi connectivity index (χ2n) is 6.03. The zero-order chi connectivity index (χ0) is 16.8. The molecule has 5 nitrogen and oxygen atoms in total. The molecule has 1 aromatic carbocycles. The number of carbonyl (C=O) groups is 1. The van der Waals surface area contributed by atoms with Crippen LogP contribution >= 0.6 is 0 Å². The van der Waals surface area contributed by atoms with Crippen LogP contribution in [0.25, 0.3) is 0 Å². The molecule has 1 amide bonds. The molecule has 1 aliphatic heterocycles. The van der Waals surface area contributed by atoms with Crippen LogP contribution in [0.5, 0.6) is 5.75 Å². The second-order valence-corrected chi connectivity index (χ2v) is 6.03. The third kappa shape index (κ3) is 4.34. The fraction of sp³-hybridized carbons (Fsp3) is 0.444. The number of halogens is 1. The van der Waals surface area contributed by atoms with Gasteiger partial charge in [0.2, 0.25) is 5.91 Å². The standard InChI is InChI=1S/C18H22FN3O2/c19-15-6-8-17(9-7-15)24-13-2-5-18(23)21-11-1-4-16(14-21)22-12-3-10-20-22/h3,6-10,12,16H,1-2,4-5,11,13-14H2/t16-/m1/s1. The van der Waals surface area contributed by atoms with Gasteiger partial charge in [-0.1, -0.05) is 0 Å². The number of ether oxygens (including phenoxy) is 1. The van der Waals surface area contributed by atoms with Crippen LogP contribution in [0.15, 0.2) is 42.7 Å². The minimum Gasteiger partial charge on any atom is -0.494 e. The van der Waals surface area contributed by atoms with E-state index in [1.165, 1.54) is 12.1 Å². The highest BCUT2D eigenvalue weighted by Gasteiger charge is 2.24. The van der Waals surface area contributed by atoms with Crippen molar-refractivity contribution in [1.82, 2.24) is 14.7 Å². The van der Waals surface area contributed by atoms with Gasteiger partial charge in [-0.25, -0.2) is 4.39 Å². The van der Waals surface area contributed by atoms with Crippen molar-refractivity contribution in [1.29, 1.82) is 0 Å². The topological polar surface area (TPSA) is 47.4 Å². The number of carbonyl (C=O) groups excluding carboxylic acids is 1. The highest BCUT2D eigenvalue weighted by Crippen LogP contribution is 2.21. The van der Waals surface area contributed by atoms with E-state index in [0.29, 0.717) is 25.2 Å². The molecule has 6 heteroatoms. The first-order valence-electron chi connectivity index (χ1n) is 8.37. The van der Waals surface area contributed by atoms with Crippen LogP contribution in [0, 0.1) is 5.82 Å². The first-order valence-corrected chi connectivity index (χ1v) is 8.37. The fourth-order valence-corrected chi connectivity index (χ4v) is 3.00. The van der Waals surface area contributed by atoms with E-state index < -0.39 is 0 Å². The normalized spacial score (nSPS) is 17.7. The first-order chi connectivity index (χ1) is 11.7. The van der Waals surface area contributed by atoms with Crippen LogP contribution in [0.3, 0.4) is 0 Å². The van der Waals surface area contributed by atoms with E-state index in [1.54, 1.807) is 18.3 Å². The Kier molecular flexibility index (Phi) is 5.46. The van der Waals surface area contributed by atoms with Gasteiger partial charge >= 0.3 is 0 Å². The van der Waals surface area contributed by atoms with Gasteiger partial charge in [0.1, 0.15) is 11.6 Å². The van der Waals surface area contributed by atoms with E-state index in [2.05, 4.69) is 5.10 Å². The van der Waals surface area contributed by atoms with Crippen molar-refractivity contribution in [2.45, 2.75) is 31.7 Å². The predicted octanol–water partition coefficient (Wildman–Crippen LogP) is 3.04. The molecule has 0 spiro atoms. The summed E-state index contributed by atoms with van der Waals surface area (Å²) in [7, 11) is 0. The molecule has 3 rings (SSSR count). The Morgan fingerprint density at radius 3 is 2.92 bits per heavy atom. The lowest BCUT2D eigenvalue weighted by atomic mass is 10.1. The van der Waals surface area contributed by atoms with Crippen LogP contribution in [-0.4, -0.2) is 40.3 Å². The molecule has 1 fully saturated rings. The maximum absolute atomic E-state index is 12.8. The summed E-state index contributed by atoms with van der Waals surface area (Å²) in [6.07, 6.45) is 6.90. The maximum Gasteiger partial charge on any atom is 0.222 e. The summed E-state index contributed by atoms with van der Waals surface area (Å²) in [5.74, 6) is 0.504. The Morgan fingerprint density at radius 2 is 2.17 bits per heavy atom. The minimum atomic E-state index is -0.283. The summed E-state index contributed by atoms with van der Waals surface area (Å²) in [4.78, 5) is 14.3. The fourth-order valence-electron chi connectivity index (χ4n) is 3.00. The number of piperidine rings is 1. The summed E-state index contributed by atoms with van der Waals surface area (Å²) in [5.41, 5.74) is 0. The Balaban J connectivity index is 1.40. The van der Waals surface area contributed by atoms with Gasteiger partial charge < -0.3 is 9.64 Å². The summed E-state index contributed by atoms with van der Waals surface area (Å²) in [6.45, 7) is 1.99. The smallest absolute Gasteiger partial charge is 0.222 e. The van der Waals surface area contributed by atoms with E-state index in [-0.39, 0.29) is 17.8 Å². The Morgan fingerprint density at radius 1 is 1.33 bits per heavy atom. The monoisotopic (exact) mass is 331 g/mol. The zero-order valence-corrected chi connectivity index (χ0v) is 13.6. The van der Waals surface area contributed by atoms with Gasteiger partial charge in [0.25, 0.3) is 0 Å². The molecule has 128 valence electrons. The first kappa shape index (κ1) is 16.5. The molecule has 1 atom stereocenters. The van der Waals surface area contributed by atoms with Gasteiger partial charge in [-0.3, -0.25) is 9.48 Å². The Labute approximate surface area is 141 Å². The lowest BCUT2D eigenvalue weighted by molar-refractivity contribution is -0.133. The largest absolute Gasteiger partial charge is 0.494 e. The molecule has 1 aromatic heterocycles. The number of rotatable bonds is 6. The molecule has 1 saturated heterocycles. The van der Waals surface area contributed by atoms with Crippen molar-refractivity contribution >= 4 is 5.91 Å². The lowest BCUT2D eigenvalue weighted by Crippen LogP contribution is -2.40. The van der Waals surface area contributed by atoms with Gasteiger partial charge in [0.05, 0.1) is 12.6 Å². The number of amides is 1. The number of benzene rings is 1. The van der Waals surface area contributed by atoms with Crippen molar-refractivity contribution in [2.24, 2.45) is 0 Å². The van der Waals surface area contributed by atoms with E-state index in [4.69, 9.17) is 4.74 Å². The molecule has 0 N–H and O–H groups in total. The van der Waals surface area contributed by atoms with Gasteiger partial charge in [-0.05, 0) is 49.6 Å². The van der Waals surface area contributed by atoms with Crippen LogP contribution in [0.4, 0.5) is 4.39 Å². The van der Waals surface area contributed by atoms with E-state index in [9.17, 15) is 9.18 Å². The van der Waals surface area contributed by atoms with Gasteiger partial charge in [0.15, 0.2) is 0 Å².